The predicted molar refractivity (Wildman–Crippen MR) is 105 cm³/mol. The van der Waals surface area contributed by atoms with E-state index in [2.05, 4.69) is 91.0 Å². The summed E-state index contributed by atoms with van der Waals surface area (Å²) < 4.78 is 0. The van der Waals surface area contributed by atoms with Crippen LogP contribution in [0.2, 0.25) is 0 Å². The number of hydrogen-bond donors (Lipinski definition) is 0. The third-order valence-corrected chi connectivity index (χ3v) is 9.56. The third-order valence-electron chi connectivity index (χ3n) is 4.00. The van der Waals surface area contributed by atoms with Crippen LogP contribution in [-0.4, -0.2) is 5.62 Å². The SMILES string of the molecule is Cl.ClC[PH](c1ccccc1)(c1ccccc1)c1ccccc1. The van der Waals surface area contributed by atoms with Crippen molar-refractivity contribution in [1.82, 2.24) is 0 Å². The van der Waals surface area contributed by atoms with Crippen LogP contribution in [0.5, 0.6) is 0 Å². The van der Waals surface area contributed by atoms with Crippen LogP contribution in [0.4, 0.5) is 0 Å². The summed E-state index contributed by atoms with van der Waals surface area (Å²) in [5.74, 6) is 0. The van der Waals surface area contributed by atoms with E-state index in [-0.39, 0.29) is 12.4 Å². The molecule has 0 nitrogen and oxygen atoms in total. The van der Waals surface area contributed by atoms with Gasteiger partial charge in [-0.3, -0.25) is 0 Å². The number of halogens is 2. The molecule has 3 heteroatoms. The van der Waals surface area contributed by atoms with E-state index in [1.807, 2.05) is 0 Å². The van der Waals surface area contributed by atoms with Gasteiger partial charge in [-0.25, -0.2) is 0 Å². The zero-order chi connectivity index (χ0) is 14.5. The van der Waals surface area contributed by atoms with Gasteiger partial charge in [-0.05, 0) is 0 Å². The Balaban J connectivity index is 0.00000176. The first-order valence-corrected chi connectivity index (χ1v) is 9.84. The Kier molecular flexibility index (Phi) is 6.03. The maximum absolute atomic E-state index is 6.59. The van der Waals surface area contributed by atoms with Gasteiger partial charge in [0.25, 0.3) is 0 Å². The van der Waals surface area contributed by atoms with E-state index in [4.69, 9.17) is 11.6 Å². The van der Waals surface area contributed by atoms with E-state index in [1.54, 1.807) is 0 Å². The molecule has 0 heterocycles. The molecule has 0 atom stereocenters. The second kappa shape index (κ2) is 7.79. The first-order chi connectivity index (χ1) is 10.4. The molecule has 0 aliphatic heterocycles. The quantitative estimate of drug-likeness (QED) is 0.486. The van der Waals surface area contributed by atoms with Gasteiger partial charge in [0.05, 0.1) is 0 Å². The molecular formula is C19H19Cl2P. The van der Waals surface area contributed by atoms with Gasteiger partial charge < -0.3 is 0 Å². The van der Waals surface area contributed by atoms with Crippen LogP contribution in [0.25, 0.3) is 0 Å². The molecule has 0 unspecified atom stereocenters. The molecule has 0 spiro atoms. The van der Waals surface area contributed by atoms with E-state index in [0.717, 1.165) is 0 Å². The average Bonchev–Trinajstić information content (AvgIpc) is 2.59. The van der Waals surface area contributed by atoms with Crippen LogP contribution in [0, 0.1) is 0 Å². The van der Waals surface area contributed by atoms with Gasteiger partial charge in [0.15, 0.2) is 0 Å². The normalized spacial score (nSPS) is 11.5. The van der Waals surface area contributed by atoms with Gasteiger partial charge in [0.1, 0.15) is 0 Å². The molecule has 0 saturated heterocycles. The molecule has 3 aromatic rings. The van der Waals surface area contributed by atoms with Crippen LogP contribution in [0.1, 0.15) is 0 Å². The van der Waals surface area contributed by atoms with Crippen LogP contribution >= 0.6 is 31.3 Å². The average molecular weight is 349 g/mol. The summed E-state index contributed by atoms with van der Waals surface area (Å²) in [6, 6.07) is 32.1. The van der Waals surface area contributed by atoms with Gasteiger partial charge in [-0.15, -0.1) is 12.4 Å². The van der Waals surface area contributed by atoms with E-state index in [1.165, 1.54) is 15.9 Å². The molecule has 0 amide bonds. The van der Waals surface area contributed by atoms with E-state index in [0.29, 0.717) is 5.62 Å². The summed E-state index contributed by atoms with van der Waals surface area (Å²) in [7, 11) is -2.13. The maximum atomic E-state index is 6.59. The van der Waals surface area contributed by atoms with Crippen LogP contribution in [0.3, 0.4) is 0 Å². The van der Waals surface area contributed by atoms with Crippen molar-refractivity contribution >= 4 is 47.2 Å². The standard InChI is InChI=1S/C19H18ClP.ClH/c20-16-21(17-10-4-1-5-11-17,18-12-6-2-7-13-18)19-14-8-3-9-15-19;/h1-15,21H,16H2;1H. The number of hydrogen-bond acceptors (Lipinski definition) is 0. The first-order valence-electron chi connectivity index (χ1n) is 7.10. The molecule has 0 aliphatic rings. The van der Waals surface area contributed by atoms with Crippen LogP contribution in [-0.2, 0) is 0 Å². The molecule has 0 aromatic heterocycles. The number of rotatable bonds is 4. The van der Waals surface area contributed by atoms with E-state index in [9.17, 15) is 0 Å². The summed E-state index contributed by atoms with van der Waals surface area (Å²) >= 11 is 6.59. The van der Waals surface area contributed by atoms with Gasteiger partial charge >= 0.3 is 131 Å². The van der Waals surface area contributed by atoms with Crippen LogP contribution in [0.15, 0.2) is 91.0 Å². The fourth-order valence-corrected chi connectivity index (χ4v) is 8.04. The van der Waals surface area contributed by atoms with Crippen molar-refractivity contribution in [3.05, 3.63) is 91.0 Å². The fraction of sp³-hybridized carbons (Fsp3) is 0.0526. The number of benzene rings is 3. The van der Waals surface area contributed by atoms with Gasteiger partial charge in [-0.1, -0.05) is 0 Å². The predicted octanol–water partition coefficient (Wildman–Crippen LogP) is 4.33. The van der Waals surface area contributed by atoms with Crippen molar-refractivity contribution < 1.29 is 0 Å². The second-order valence-electron chi connectivity index (χ2n) is 5.14. The molecule has 0 aliphatic carbocycles. The zero-order valence-electron chi connectivity index (χ0n) is 12.2. The van der Waals surface area contributed by atoms with Crippen molar-refractivity contribution in [2.45, 2.75) is 0 Å². The molecule has 3 rings (SSSR count). The molecule has 114 valence electrons. The first kappa shape index (κ1) is 17.0. The second-order valence-corrected chi connectivity index (χ2v) is 9.75. The van der Waals surface area contributed by atoms with Crippen molar-refractivity contribution in [2.24, 2.45) is 0 Å². The third kappa shape index (κ3) is 3.06. The summed E-state index contributed by atoms with van der Waals surface area (Å²) in [4.78, 5) is 0. The fourth-order valence-electron chi connectivity index (χ4n) is 2.90. The van der Waals surface area contributed by atoms with Gasteiger partial charge in [-0.2, -0.15) is 0 Å². The zero-order valence-corrected chi connectivity index (χ0v) is 14.7. The van der Waals surface area contributed by atoms with E-state index >= 15 is 0 Å². The molecule has 0 N–H and O–H groups in total. The molecule has 0 radical (unpaired) electrons. The van der Waals surface area contributed by atoms with Crippen molar-refractivity contribution in [3.63, 3.8) is 0 Å². The molecular weight excluding hydrogens is 330 g/mol. The monoisotopic (exact) mass is 348 g/mol. The summed E-state index contributed by atoms with van der Waals surface area (Å²) in [6.07, 6.45) is 0. The van der Waals surface area contributed by atoms with Crippen LogP contribution < -0.4 is 15.9 Å². The van der Waals surface area contributed by atoms with E-state index < -0.39 is 7.26 Å². The van der Waals surface area contributed by atoms with Crippen molar-refractivity contribution in [2.75, 3.05) is 5.62 Å². The Morgan fingerprint density at radius 2 is 0.818 bits per heavy atom. The molecule has 0 fully saturated rings. The Morgan fingerprint density at radius 3 is 1.05 bits per heavy atom. The summed E-state index contributed by atoms with van der Waals surface area (Å²) in [5.41, 5.74) is 0.644. The minimum absolute atomic E-state index is 0. The Bertz CT molecular complexity index is 588. The van der Waals surface area contributed by atoms with Gasteiger partial charge in [0, 0.05) is 0 Å². The van der Waals surface area contributed by atoms with Crippen molar-refractivity contribution in [1.29, 1.82) is 0 Å². The van der Waals surface area contributed by atoms with Gasteiger partial charge in [0.2, 0.25) is 0 Å². The molecule has 22 heavy (non-hydrogen) atoms. The molecule has 0 bridgehead atoms. The molecule has 0 saturated carbocycles. The topological polar surface area (TPSA) is 0 Å². The number of alkyl halides is 1. The minimum atomic E-state index is -2.13. The Morgan fingerprint density at radius 1 is 0.545 bits per heavy atom. The molecule has 3 aromatic carbocycles. The Labute approximate surface area is 143 Å². The Hall–Kier alpha value is -1.33. The summed E-state index contributed by atoms with van der Waals surface area (Å²) in [6.45, 7) is 0. The summed E-state index contributed by atoms with van der Waals surface area (Å²) in [5, 5.41) is 4.08. The van der Waals surface area contributed by atoms with Crippen molar-refractivity contribution in [3.8, 4) is 0 Å².